The molecule has 184 valence electrons. The molecule has 0 saturated carbocycles. The minimum Gasteiger partial charge on any atom is -0.369 e. The molecular weight excluding hydrogens is 543 g/mol. The van der Waals surface area contributed by atoms with Gasteiger partial charge in [0, 0.05) is 13.1 Å². The summed E-state index contributed by atoms with van der Waals surface area (Å²) in [6.45, 7) is 7.44. The molecule has 0 heterocycles. The monoisotopic (exact) mass is 580 g/mol. The number of fused-ring (bicyclic) bond motifs is 3. The topological polar surface area (TPSA) is 46.3 Å². The van der Waals surface area contributed by atoms with Crippen LogP contribution in [0.3, 0.4) is 0 Å². The third-order valence-corrected chi connectivity index (χ3v) is 7.92. The largest absolute Gasteiger partial charge is 0.369 e. The number of hydrogen-bond acceptors (Lipinski definition) is 2. The Labute approximate surface area is 224 Å². The normalized spacial score (nSPS) is 16.5. The molecule has 1 aliphatic rings. The first-order valence-corrected chi connectivity index (χ1v) is 14.3. The summed E-state index contributed by atoms with van der Waals surface area (Å²) in [6, 6.07) is 25.6. The molecule has 4 rings (SSSR count). The Morgan fingerprint density at radius 1 is 0.943 bits per heavy atom. The van der Waals surface area contributed by atoms with Gasteiger partial charge in [0.25, 0.3) is 0 Å². The number of alkyl halides is 1. The van der Waals surface area contributed by atoms with E-state index in [0.717, 1.165) is 60.9 Å². The van der Waals surface area contributed by atoms with Gasteiger partial charge < -0.3 is 5.73 Å². The highest BCUT2D eigenvalue weighted by Crippen LogP contribution is 2.52. The van der Waals surface area contributed by atoms with Crippen LogP contribution in [0, 0.1) is 5.92 Å². The summed E-state index contributed by atoms with van der Waals surface area (Å²) in [4.78, 5) is 16.0. The van der Waals surface area contributed by atoms with Crippen LogP contribution in [-0.2, 0) is 23.2 Å². The number of primary amides is 1. The van der Waals surface area contributed by atoms with Crippen molar-refractivity contribution in [2.45, 2.75) is 51.5 Å². The molecule has 0 fully saturated rings. The fourth-order valence-corrected chi connectivity index (χ4v) is 6.20. The van der Waals surface area contributed by atoms with E-state index in [9.17, 15) is 4.79 Å². The molecule has 1 atom stereocenters. The van der Waals surface area contributed by atoms with Crippen molar-refractivity contribution >= 4 is 28.5 Å². The Balaban J connectivity index is 1.66. The van der Waals surface area contributed by atoms with Gasteiger partial charge in [-0.05, 0) is 76.0 Å². The molecule has 35 heavy (non-hydrogen) atoms. The van der Waals surface area contributed by atoms with E-state index in [2.05, 4.69) is 108 Å². The highest BCUT2D eigenvalue weighted by Gasteiger charge is 2.48. The highest BCUT2D eigenvalue weighted by atomic mass is 127. The maximum absolute atomic E-state index is 13.4. The molecule has 1 amide bonds. The second kappa shape index (κ2) is 11.7. The van der Waals surface area contributed by atoms with Gasteiger partial charge in [0.1, 0.15) is 5.41 Å². The van der Waals surface area contributed by atoms with Gasteiger partial charge in [0.05, 0.1) is 0 Å². The molecule has 0 bridgehead atoms. The summed E-state index contributed by atoms with van der Waals surface area (Å²) in [5.41, 5.74) is 12.8. The van der Waals surface area contributed by atoms with Gasteiger partial charge in [-0.1, -0.05) is 109 Å². The maximum atomic E-state index is 13.4. The molecule has 1 aliphatic carbocycles. The van der Waals surface area contributed by atoms with Crippen molar-refractivity contribution < 1.29 is 4.79 Å². The minimum absolute atomic E-state index is 0.218. The number of carbonyl (C=O) groups excluding carboxylic acids is 1. The Morgan fingerprint density at radius 3 is 2.37 bits per heavy atom. The minimum atomic E-state index is -0.760. The zero-order valence-electron chi connectivity index (χ0n) is 21.0. The lowest BCUT2D eigenvalue weighted by atomic mass is 9.72. The van der Waals surface area contributed by atoms with Crippen LogP contribution >= 0.6 is 22.6 Å². The Kier molecular flexibility index (Phi) is 8.66. The maximum Gasteiger partial charge on any atom is 0.232 e. The van der Waals surface area contributed by atoms with Crippen molar-refractivity contribution in [3.05, 3.63) is 95.1 Å². The van der Waals surface area contributed by atoms with E-state index in [1.54, 1.807) is 0 Å². The van der Waals surface area contributed by atoms with Crippen molar-refractivity contribution in [3.63, 3.8) is 0 Å². The SMILES string of the molecule is CC(C)CN(CCCC1(C(N)=O)c2ccccc2-c2cccc(CCCI)c21)Cc1ccccc1. The molecule has 0 radical (unpaired) electrons. The molecule has 0 aliphatic heterocycles. The van der Waals surface area contributed by atoms with Gasteiger partial charge >= 0.3 is 0 Å². The smallest absolute Gasteiger partial charge is 0.232 e. The quantitative estimate of drug-likeness (QED) is 0.191. The number of hydrogen-bond donors (Lipinski definition) is 1. The molecule has 2 N–H and O–H groups in total. The van der Waals surface area contributed by atoms with E-state index in [0.29, 0.717) is 5.92 Å². The molecule has 3 nitrogen and oxygen atoms in total. The first kappa shape index (κ1) is 25.9. The van der Waals surface area contributed by atoms with Crippen LogP contribution in [0.4, 0.5) is 0 Å². The number of carbonyl (C=O) groups is 1. The van der Waals surface area contributed by atoms with Crippen LogP contribution in [0.5, 0.6) is 0 Å². The lowest BCUT2D eigenvalue weighted by Crippen LogP contribution is -2.42. The molecule has 4 heteroatoms. The number of aryl methyl sites for hydroxylation is 1. The third-order valence-electron chi connectivity index (χ3n) is 7.15. The van der Waals surface area contributed by atoms with Gasteiger partial charge in [-0.3, -0.25) is 9.69 Å². The van der Waals surface area contributed by atoms with Gasteiger partial charge in [0.15, 0.2) is 0 Å². The van der Waals surface area contributed by atoms with Crippen LogP contribution in [-0.4, -0.2) is 28.3 Å². The summed E-state index contributed by atoms with van der Waals surface area (Å²) < 4.78 is 1.10. The molecule has 3 aromatic carbocycles. The van der Waals surface area contributed by atoms with Gasteiger partial charge in [-0.25, -0.2) is 0 Å². The lowest BCUT2D eigenvalue weighted by molar-refractivity contribution is -0.122. The second-order valence-corrected chi connectivity index (χ2v) is 11.2. The van der Waals surface area contributed by atoms with Crippen molar-refractivity contribution in [1.29, 1.82) is 0 Å². The summed E-state index contributed by atoms with van der Waals surface area (Å²) in [5.74, 6) is 0.362. The number of nitrogens with two attached hydrogens (primary N) is 1. The molecule has 1 unspecified atom stereocenters. The molecule has 0 spiro atoms. The molecule has 0 aromatic heterocycles. The number of halogens is 1. The first-order valence-electron chi connectivity index (χ1n) is 12.8. The van der Waals surface area contributed by atoms with Crippen molar-refractivity contribution in [2.24, 2.45) is 11.7 Å². The lowest BCUT2D eigenvalue weighted by Gasteiger charge is -2.32. The van der Waals surface area contributed by atoms with E-state index in [1.165, 1.54) is 22.3 Å². The zero-order chi connectivity index (χ0) is 24.8. The van der Waals surface area contributed by atoms with E-state index < -0.39 is 5.41 Å². The van der Waals surface area contributed by atoms with Crippen LogP contribution < -0.4 is 5.73 Å². The predicted molar refractivity (Wildman–Crippen MR) is 155 cm³/mol. The average molecular weight is 581 g/mol. The van der Waals surface area contributed by atoms with Crippen molar-refractivity contribution in [1.82, 2.24) is 4.90 Å². The Bertz CT molecular complexity index is 1140. The van der Waals surface area contributed by atoms with Crippen LogP contribution in [0.15, 0.2) is 72.8 Å². The summed E-state index contributed by atoms with van der Waals surface area (Å²) in [5, 5.41) is 0. The van der Waals surface area contributed by atoms with Crippen molar-refractivity contribution in [2.75, 3.05) is 17.5 Å². The number of benzene rings is 3. The molecule has 0 saturated heterocycles. The van der Waals surface area contributed by atoms with Crippen LogP contribution in [0.2, 0.25) is 0 Å². The van der Waals surface area contributed by atoms with E-state index in [1.807, 2.05) is 6.07 Å². The fourth-order valence-electron chi connectivity index (χ4n) is 5.82. The van der Waals surface area contributed by atoms with E-state index in [-0.39, 0.29) is 5.91 Å². The number of rotatable bonds is 12. The third kappa shape index (κ3) is 5.49. The summed E-state index contributed by atoms with van der Waals surface area (Å²) >= 11 is 2.44. The zero-order valence-corrected chi connectivity index (χ0v) is 23.1. The summed E-state index contributed by atoms with van der Waals surface area (Å²) in [6.07, 6.45) is 3.72. The predicted octanol–water partition coefficient (Wildman–Crippen LogP) is 6.74. The van der Waals surface area contributed by atoms with E-state index >= 15 is 0 Å². The van der Waals surface area contributed by atoms with Crippen LogP contribution in [0.25, 0.3) is 11.1 Å². The van der Waals surface area contributed by atoms with Crippen LogP contribution in [0.1, 0.15) is 55.4 Å². The van der Waals surface area contributed by atoms with Gasteiger partial charge in [-0.2, -0.15) is 0 Å². The van der Waals surface area contributed by atoms with Gasteiger partial charge in [0.2, 0.25) is 5.91 Å². The second-order valence-electron chi connectivity index (χ2n) is 10.2. The van der Waals surface area contributed by atoms with Gasteiger partial charge in [-0.15, -0.1) is 0 Å². The standard InChI is InChI=1S/C31H37IN2O/c1-23(2)21-34(22-24-11-4-3-5-12-24)20-10-18-31(30(33)35)28-17-7-6-15-26(28)27-16-8-13-25(29(27)31)14-9-19-32/h3-8,11-13,15-17,23H,9-10,14,18-22H2,1-2H3,(H2,33,35). The summed E-state index contributed by atoms with van der Waals surface area (Å²) in [7, 11) is 0. The Morgan fingerprint density at radius 2 is 1.66 bits per heavy atom. The average Bonchev–Trinajstić information content (AvgIpc) is 3.15. The molecular formula is C31H37IN2O. The Hall–Kier alpha value is -2.18. The van der Waals surface area contributed by atoms with E-state index in [4.69, 9.17) is 5.73 Å². The number of nitrogens with zero attached hydrogens (tertiary/aromatic N) is 1. The fraction of sp³-hybridized carbons (Fsp3) is 0.387. The molecule has 3 aromatic rings. The first-order chi connectivity index (χ1) is 17.0. The van der Waals surface area contributed by atoms with Crippen molar-refractivity contribution in [3.8, 4) is 11.1 Å². The highest BCUT2D eigenvalue weighted by molar-refractivity contribution is 14.1. The number of amides is 1.